The van der Waals surface area contributed by atoms with Crippen LogP contribution in [0.2, 0.25) is 0 Å². The molecule has 0 saturated carbocycles. The van der Waals surface area contributed by atoms with Gasteiger partial charge in [0, 0.05) is 6.08 Å². The number of carbonyl (C=O) groups is 1. The summed E-state index contributed by atoms with van der Waals surface area (Å²) in [6.45, 7) is 4.26. The molecule has 2 aromatic carbocycles. The maximum Gasteiger partial charge on any atom is 0.277 e. The maximum atomic E-state index is 12.9. The summed E-state index contributed by atoms with van der Waals surface area (Å²) in [5, 5.41) is 3.39. The molecule has 1 N–H and O–H groups in total. The van der Waals surface area contributed by atoms with Crippen molar-refractivity contribution in [3.05, 3.63) is 95.1 Å². The molecular weight excluding hydrogens is 396 g/mol. The first-order valence-electron chi connectivity index (χ1n) is 9.71. The van der Waals surface area contributed by atoms with Gasteiger partial charge in [-0.1, -0.05) is 48.5 Å². The summed E-state index contributed by atoms with van der Waals surface area (Å²) < 4.78 is 11.6. The SMILES string of the molecule is Cc1ccccc1OCc1ccc(/C=C2\NC(=S)N(C(C)c3ccccc3)C2=O)o1. The minimum Gasteiger partial charge on any atom is -0.485 e. The minimum absolute atomic E-state index is 0.167. The molecular formula is C24H22N2O3S. The van der Waals surface area contributed by atoms with Crippen LogP contribution in [-0.4, -0.2) is 15.9 Å². The van der Waals surface area contributed by atoms with Gasteiger partial charge in [-0.3, -0.25) is 9.69 Å². The molecule has 4 rings (SSSR count). The van der Waals surface area contributed by atoms with E-state index in [0.29, 0.717) is 28.9 Å². The smallest absolute Gasteiger partial charge is 0.277 e. The molecule has 30 heavy (non-hydrogen) atoms. The first-order valence-corrected chi connectivity index (χ1v) is 10.1. The molecule has 1 saturated heterocycles. The van der Waals surface area contributed by atoms with Crippen molar-refractivity contribution in [2.75, 3.05) is 0 Å². The van der Waals surface area contributed by atoms with Crippen LogP contribution in [-0.2, 0) is 11.4 Å². The van der Waals surface area contributed by atoms with Crippen LogP contribution in [0.4, 0.5) is 0 Å². The van der Waals surface area contributed by atoms with Gasteiger partial charge in [-0.2, -0.15) is 0 Å². The number of amides is 1. The van der Waals surface area contributed by atoms with Crippen molar-refractivity contribution in [1.29, 1.82) is 0 Å². The Morgan fingerprint density at radius 1 is 1.10 bits per heavy atom. The Balaban J connectivity index is 1.46. The van der Waals surface area contributed by atoms with E-state index < -0.39 is 0 Å². The predicted molar refractivity (Wildman–Crippen MR) is 120 cm³/mol. The van der Waals surface area contributed by atoms with E-state index in [4.69, 9.17) is 21.4 Å². The third kappa shape index (κ3) is 4.14. The van der Waals surface area contributed by atoms with E-state index in [-0.39, 0.29) is 11.9 Å². The largest absolute Gasteiger partial charge is 0.485 e. The van der Waals surface area contributed by atoms with E-state index in [1.54, 1.807) is 11.0 Å². The molecule has 1 unspecified atom stereocenters. The molecule has 6 heteroatoms. The molecule has 1 aromatic heterocycles. The quantitative estimate of drug-likeness (QED) is 0.452. The van der Waals surface area contributed by atoms with Crippen LogP contribution >= 0.6 is 12.2 Å². The summed E-state index contributed by atoms with van der Waals surface area (Å²) in [6, 6.07) is 21.1. The lowest BCUT2D eigenvalue weighted by Crippen LogP contribution is -2.33. The monoisotopic (exact) mass is 418 g/mol. The zero-order valence-corrected chi connectivity index (χ0v) is 17.6. The molecule has 3 aromatic rings. The van der Waals surface area contributed by atoms with E-state index in [9.17, 15) is 4.79 Å². The number of nitrogens with one attached hydrogen (secondary N) is 1. The van der Waals surface area contributed by atoms with Crippen molar-refractivity contribution in [2.45, 2.75) is 26.5 Å². The van der Waals surface area contributed by atoms with Gasteiger partial charge in [-0.05, 0) is 55.4 Å². The molecule has 1 aliphatic heterocycles. The highest BCUT2D eigenvalue weighted by Crippen LogP contribution is 2.26. The number of hydrogen-bond donors (Lipinski definition) is 1. The van der Waals surface area contributed by atoms with Gasteiger partial charge in [-0.15, -0.1) is 0 Å². The normalized spacial score (nSPS) is 16.1. The van der Waals surface area contributed by atoms with E-state index in [1.807, 2.05) is 80.6 Å². The molecule has 1 fully saturated rings. The number of carbonyl (C=O) groups excluding carboxylic acids is 1. The van der Waals surface area contributed by atoms with Crippen molar-refractivity contribution < 1.29 is 13.9 Å². The van der Waals surface area contributed by atoms with E-state index in [0.717, 1.165) is 16.9 Å². The Morgan fingerprint density at radius 2 is 1.83 bits per heavy atom. The van der Waals surface area contributed by atoms with Gasteiger partial charge in [0.1, 0.15) is 29.6 Å². The van der Waals surface area contributed by atoms with Crippen LogP contribution in [0, 0.1) is 6.92 Å². The van der Waals surface area contributed by atoms with Gasteiger partial charge in [0.15, 0.2) is 5.11 Å². The summed E-state index contributed by atoms with van der Waals surface area (Å²) in [5.41, 5.74) is 2.47. The zero-order valence-electron chi connectivity index (χ0n) is 16.8. The summed E-state index contributed by atoms with van der Waals surface area (Å²) >= 11 is 5.40. The molecule has 0 radical (unpaired) electrons. The highest BCUT2D eigenvalue weighted by Gasteiger charge is 2.35. The van der Waals surface area contributed by atoms with Crippen LogP contribution in [0.15, 0.2) is 76.8 Å². The van der Waals surface area contributed by atoms with Gasteiger partial charge >= 0.3 is 0 Å². The Hall–Kier alpha value is -3.38. The van der Waals surface area contributed by atoms with Crippen LogP contribution in [0.3, 0.4) is 0 Å². The number of ether oxygens (including phenoxy) is 1. The molecule has 2 heterocycles. The van der Waals surface area contributed by atoms with Crippen molar-refractivity contribution in [1.82, 2.24) is 10.2 Å². The summed E-state index contributed by atoms with van der Waals surface area (Å²) in [5.74, 6) is 1.88. The molecule has 0 bridgehead atoms. The number of furan rings is 1. The molecule has 1 amide bonds. The zero-order chi connectivity index (χ0) is 21.1. The fourth-order valence-corrected chi connectivity index (χ4v) is 3.69. The van der Waals surface area contributed by atoms with Gasteiger partial charge in [0.2, 0.25) is 0 Å². The standard InChI is InChI=1S/C24H22N2O3S/c1-16-8-6-7-11-22(16)28-15-20-13-12-19(29-20)14-21-23(27)26(24(30)25-21)17(2)18-9-4-3-5-10-18/h3-14,17H,15H2,1-2H3,(H,25,30)/b21-14-. The lowest BCUT2D eigenvalue weighted by Gasteiger charge is -2.23. The predicted octanol–water partition coefficient (Wildman–Crippen LogP) is 4.99. The fourth-order valence-electron chi connectivity index (χ4n) is 3.34. The first-order chi connectivity index (χ1) is 14.5. The second-order valence-electron chi connectivity index (χ2n) is 7.11. The molecule has 5 nitrogen and oxygen atoms in total. The number of benzene rings is 2. The van der Waals surface area contributed by atoms with Crippen molar-refractivity contribution >= 4 is 29.3 Å². The Bertz CT molecular complexity index is 1100. The average molecular weight is 419 g/mol. The second-order valence-corrected chi connectivity index (χ2v) is 7.49. The fraction of sp³-hybridized carbons (Fsp3) is 0.167. The van der Waals surface area contributed by atoms with E-state index in [2.05, 4.69) is 5.32 Å². The molecule has 0 aliphatic carbocycles. The van der Waals surface area contributed by atoms with Crippen molar-refractivity contribution in [2.24, 2.45) is 0 Å². The average Bonchev–Trinajstić information content (AvgIpc) is 3.31. The van der Waals surface area contributed by atoms with E-state index in [1.165, 1.54) is 0 Å². The van der Waals surface area contributed by atoms with Gasteiger partial charge in [-0.25, -0.2) is 0 Å². The summed E-state index contributed by atoms with van der Waals surface area (Å²) in [4.78, 5) is 14.5. The number of nitrogens with zero attached hydrogens (tertiary/aromatic N) is 1. The van der Waals surface area contributed by atoms with Gasteiger partial charge in [0.25, 0.3) is 5.91 Å². The lowest BCUT2D eigenvalue weighted by molar-refractivity contribution is -0.123. The van der Waals surface area contributed by atoms with Gasteiger partial charge < -0.3 is 14.5 Å². The van der Waals surface area contributed by atoms with Gasteiger partial charge in [0.05, 0.1) is 6.04 Å². The summed E-state index contributed by atoms with van der Waals surface area (Å²) in [7, 11) is 0. The van der Waals surface area contributed by atoms with Crippen LogP contribution in [0.1, 0.15) is 35.6 Å². The Kier molecular flexibility index (Phi) is 5.68. The van der Waals surface area contributed by atoms with Crippen molar-refractivity contribution in [3.63, 3.8) is 0 Å². The molecule has 152 valence electrons. The van der Waals surface area contributed by atoms with Crippen LogP contribution < -0.4 is 10.1 Å². The van der Waals surface area contributed by atoms with Crippen LogP contribution in [0.25, 0.3) is 6.08 Å². The summed E-state index contributed by atoms with van der Waals surface area (Å²) in [6.07, 6.45) is 1.67. The first kappa shape index (κ1) is 19.9. The number of aryl methyl sites for hydroxylation is 1. The van der Waals surface area contributed by atoms with Crippen LogP contribution in [0.5, 0.6) is 5.75 Å². The van der Waals surface area contributed by atoms with E-state index >= 15 is 0 Å². The molecule has 1 atom stereocenters. The van der Waals surface area contributed by atoms with Crippen molar-refractivity contribution in [3.8, 4) is 5.75 Å². The Morgan fingerprint density at radius 3 is 2.60 bits per heavy atom. The minimum atomic E-state index is -0.175. The molecule has 0 spiro atoms. The number of hydrogen-bond acceptors (Lipinski definition) is 4. The number of para-hydroxylation sites is 1. The highest BCUT2D eigenvalue weighted by molar-refractivity contribution is 7.80. The third-order valence-corrected chi connectivity index (χ3v) is 5.31. The number of rotatable bonds is 6. The topological polar surface area (TPSA) is 54.7 Å². The molecule has 1 aliphatic rings. The lowest BCUT2D eigenvalue weighted by atomic mass is 10.1. The third-order valence-electron chi connectivity index (χ3n) is 5.01. The Labute approximate surface area is 181 Å². The second kappa shape index (κ2) is 8.55. The maximum absolute atomic E-state index is 12.9. The number of thiocarbonyl (C=S) groups is 1. The highest BCUT2D eigenvalue weighted by atomic mass is 32.1.